The topological polar surface area (TPSA) is 76.4 Å². The van der Waals surface area contributed by atoms with E-state index in [1.165, 1.54) is 0 Å². The van der Waals surface area contributed by atoms with Crippen LogP contribution in [0.2, 0.25) is 0 Å². The van der Waals surface area contributed by atoms with Crippen LogP contribution in [0.3, 0.4) is 0 Å². The first-order chi connectivity index (χ1) is 12.9. The Morgan fingerprint density at radius 1 is 0.963 bits per heavy atom. The van der Waals surface area contributed by atoms with Gasteiger partial charge in [-0.3, -0.25) is 9.59 Å². The van der Waals surface area contributed by atoms with Crippen LogP contribution in [-0.4, -0.2) is 25.0 Å². The van der Waals surface area contributed by atoms with Crippen molar-refractivity contribution < 1.29 is 19.1 Å². The standard InChI is InChI=1S/C22H23NO4/c1-4-22(2,3)21(25)27-14-13-26-19-11-9-18(10-12-19)20(24)17-7-5-16(15-23)6-8-17/h5-12H,4,13-14H2,1-3H3. The Labute approximate surface area is 159 Å². The van der Waals surface area contributed by atoms with Crippen LogP contribution in [-0.2, 0) is 9.53 Å². The summed E-state index contributed by atoms with van der Waals surface area (Å²) in [6.07, 6.45) is 0.710. The molecule has 0 saturated heterocycles. The van der Waals surface area contributed by atoms with Crippen LogP contribution in [0.25, 0.3) is 0 Å². The first kappa shape index (κ1) is 20.2. The van der Waals surface area contributed by atoms with E-state index in [2.05, 4.69) is 0 Å². The Kier molecular flexibility index (Phi) is 6.73. The zero-order valence-corrected chi connectivity index (χ0v) is 15.8. The molecule has 27 heavy (non-hydrogen) atoms. The number of rotatable bonds is 8. The van der Waals surface area contributed by atoms with Gasteiger partial charge in [0.25, 0.3) is 0 Å². The van der Waals surface area contributed by atoms with E-state index in [9.17, 15) is 9.59 Å². The van der Waals surface area contributed by atoms with E-state index in [0.717, 1.165) is 0 Å². The summed E-state index contributed by atoms with van der Waals surface area (Å²) >= 11 is 0. The van der Waals surface area contributed by atoms with Crippen LogP contribution in [0.15, 0.2) is 48.5 Å². The third kappa shape index (κ3) is 5.42. The third-order valence-corrected chi connectivity index (χ3v) is 4.41. The number of carbonyl (C=O) groups excluding carboxylic acids is 2. The van der Waals surface area contributed by atoms with Gasteiger partial charge in [-0.2, -0.15) is 5.26 Å². The van der Waals surface area contributed by atoms with Crippen molar-refractivity contribution in [2.75, 3.05) is 13.2 Å². The Hall–Kier alpha value is -3.13. The molecule has 140 valence electrons. The van der Waals surface area contributed by atoms with Crippen LogP contribution in [0, 0.1) is 16.7 Å². The molecule has 0 aliphatic rings. The molecule has 0 aliphatic carbocycles. The van der Waals surface area contributed by atoms with Gasteiger partial charge in [-0.05, 0) is 68.8 Å². The summed E-state index contributed by atoms with van der Waals surface area (Å²) in [5.41, 5.74) is 1.07. The second-order valence-electron chi connectivity index (χ2n) is 6.76. The first-order valence-corrected chi connectivity index (χ1v) is 8.82. The smallest absolute Gasteiger partial charge is 0.311 e. The number of ether oxygens (including phenoxy) is 2. The normalized spacial score (nSPS) is 10.7. The van der Waals surface area contributed by atoms with Crippen LogP contribution < -0.4 is 4.74 Å². The zero-order chi connectivity index (χ0) is 19.9. The molecular weight excluding hydrogens is 342 g/mol. The molecule has 0 fully saturated rings. The SMILES string of the molecule is CCC(C)(C)C(=O)OCCOc1ccc(C(=O)c2ccc(C#N)cc2)cc1. The van der Waals surface area contributed by atoms with Crippen molar-refractivity contribution in [2.24, 2.45) is 5.41 Å². The van der Waals surface area contributed by atoms with E-state index in [4.69, 9.17) is 14.7 Å². The lowest BCUT2D eigenvalue weighted by Gasteiger charge is -2.20. The zero-order valence-electron chi connectivity index (χ0n) is 15.8. The van der Waals surface area contributed by atoms with Crippen molar-refractivity contribution in [1.29, 1.82) is 5.26 Å². The Morgan fingerprint density at radius 3 is 2.04 bits per heavy atom. The van der Waals surface area contributed by atoms with Gasteiger partial charge in [0.05, 0.1) is 17.0 Å². The van der Waals surface area contributed by atoms with E-state index in [0.29, 0.717) is 28.9 Å². The lowest BCUT2D eigenvalue weighted by atomic mass is 9.91. The average molecular weight is 365 g/mol. The number of carbonyl (C=O) groups is 2. The molecule has 0 amide bonds. The molecule has 5 nitrogen and oxygen atoms in total. The maximum Gasteiger partial charge on any atom is 0.311 e. The molecule has 2 aromatic rings. The van der Waals surface area contributed by atoms with Crippen molar-refractivity contribution in [3.8, 4) is 11.8 Å². The molecule has 0 radical (unpaired) electrons. The van der Waals surface area contributed by atoms with Gasteiger partial charge in [0.2, 0.25) is 0 Å². The highest BCUT2D eigenvalue weighted by Crippen LogP contribution is 2.21. The second-order valence-corrected chi connectivity index (χ2v) is 6.76. The highest BCUT2D eigenvalue weighted by atomic mass is 16.6. The van der Waals surface area contributed by atoms with Gasteiger partial charge in [-0.1, -0.05) is 6.92 Å². The quantitative estimate of drug-likeness (QED) is 0.399. The molecule has 0 heterocycles. The van der Waals surface area contributed by atoms with Crippen molar-refractivity contribution in [3.05, 3.63) is 65.2 Å². The maximum absolute atomic E-state index is 12.4. The van der Waals surface area contributed by atoms with Gasteiger partial charge in [-0.15, -0.1) is 0 Å². The number of nitrogens with zero attached hydrogens (tertiary/aromatic N) is 1. The molecule has 0 atom stereocenters. The summed E-state index contributed by atoms with van der Waals surface area (Å²) in [6, 6.07) is 15.3. The Morgan fingerprint density at radius 2 is 1.52 bits per heavy atom. The molecule has 0 saturated carbocycles. The van der Waals surface area contributed by atoms with Crippen molar-refractivity contribution >= 4 is 11.8 Å². The highest BCUT2D eigenvalue weighted by Gasteiger charge is 2.26. The van der Waals surface area contributed by atoms with E-state index in [1.807, 2.05) is 26.8 Å². The number of ketones is 1. The minimum atomic E-state index is -0.493. The fourth-order valence-electron chi connectivity index (χ4n) is 2.20. The van der Waals surface area contributed by atoms with Crippen LogP contribution in [0.5, 0.6) is 5.75 Å². The first-order valence-electron chi connectivity index (χ1n) is 8.82. The summed E-state index contributed by atoms with van der Waals surface area (Å²) in [5, 5.41) is 8.81. The number of esters is 1. The van der Waals surface area contributed by atoms with Gasteiger partial charge in [0.1, 0.15) is 19.0 Å². The number of benzene rings is 2. The predicted molar refractivity (Wildman–Crippen MR) is 102 cm³/mol. The van der Waals surface area contributed by atoms with Gasteiger partial charge >= 0.3 is 5.97 Å². The molecule has 0 N–H and O–H groups in total. The van der Waals surface area contributed by atoms with E-state index >= 15 is 0 Å². The minimum absolute atomic E-state index is 0.123. The van der Waals surface area contributed by atoms with Crippen molar-refractivity contribution in [1.82, 2.24) is 0 Å². The molecular formula is C22H23NO4. The molecule has 0 aliphatic heterocycles. The van der Waals surface area contributed by atoms with Crippen LogP contribution >= 0.6 is 0 Å². The van der Waals surface area contributed by atoms with E-state index in [1.54, 1.807) is 48.5 Å². The molecule has 5 heteroatoms. The minimum Gasteiger partial charge on any atom is -0.490 e. The number of hydrogen-bond acceptors (Lipinski definition) is 5. The summed E-state index contributed by atoms with van der Waals surface area (Å²) in [6.45, 7) is 6.06. The molecule has 0 spiro atoms. The van der Waals surface area contributed by atoms with Crippen LogP contribution in [0.1, 0.15) is 48.7 Å². The van der Waals surface area contributed by atoms with Gasteiger partial charge < -0.3 is 9.47 Å². The average Bonchev–Trinajstić information content (AvgIpc) is 2.71. The number of nitriles is 1. The van der Waals surface area contributed by atoms with E-state index < -0.39 is 5.41 Å². The summed E-state index contributed by atoms with van der Waals surface area (Å²) in [7, 11) is 0. The lowest BCUT2D eigenvalue weighted by Crippen LogP contribution is -2.27. The Bertz CT molecular complexity index is 830. The largest absolute Gasteiger partial charge is 0.490 e. The third-order valence-electron chi connectivity index (χ3n) is 4.41. The fraction of sp³-hybridized carbons (Fsp3) is 0.318. The van der Waals surface area contributed by atoms with Crippen LogP contribution in [0.4, 0.5) is 0 Å². The molecule has 0 bridgehead atoms. The van der Waals surface area contributed by atoms with Gasteiger partial charge in [0, 0.05) is 11.1 Å². The summed E-state index contributed by atoms with van der Waals surface area (Å²) < 4.78 is 10.8. The Balaban J connectivity index is 1.87. The molecule has 0 unspecified atom stereocenters. The number of hydrogen-bond donors (Lipinski definition) is 0. The maximum atomic E-state index is 12.4. The lowest BCUT2D eigenvalue weighted by molar-refractivity contribution is -0.154. The monoisotopic (exact) mass is 365 g/mol. The van der Waals surface area contributed by atoms with E-state index in [-0.39, 0.29) is 25.0 Å². The summed E-state index contributed by atoms with van der Waals surface area (Å²) in [5.74, 6) is 0.232. The van der Waals surface area contributed by atoms with Gasteiger partial charge in [-0.25, -0.2) is 0 Å². The van der Waals surface area contributed by atoms with Crippen molar-refractivity contribution in [2.45, 2.75) is 27.2 Å². The second kappa shape index (κ2) is 9.00. The molecule has 2 rings (SSSR count). The predicted octanol–water partition coefficient (Wildman–Crippen LogP) is 4.15. The summed E-state index contributed by atoms with van der Waals surface area (Å²) in [4.78, 5) is 24.3. The molecule has 0 aromatic heterocycles. The molecule has 2 aromatic carbocycles. The van der Waals surface area contributed by atoms with Gasteiger partial charge in [0.15, 0.2) is 5.78 Å². The fourth-order valence-corrected chi connectivity index (χ4v) is 2.20. The van der Waals surface area contributed by atoms with Crippen molar-refractivity contribution in [3.63, 3.8) is 0 Å². The highest BCUT2D eigenvalue weighted by molar-refractivity contribution is 6.09.